The average Bonchev–Trinajstić information content (AvgIpc) is 4.09. The summed E-state index contributed by atoms with van der Waals surface area (Å²) in [5.74, 6) is 0. The minimum atomic E-state index is 1.14. The number of aromatic nitrogens is 4. The smallest absolute Gasteiger partial charge is 0.0542 e. The predicted octanol–water partition coefficient (Wildman–Crippen LogP) is 15.7. The van der Waals surface area contributed by atoms with E-state index in [0.29, 0.717) is 0 Å². The summed E-state index contributed by atoms with van der Waals surface area (Å²) in [4.78, 5) is 0. The Labute approximate surface area is 368 Å². The van der Waals surface area contributed by atoms with Crippen LogP contribution in [0.15, 0.2) is 231 Å². The van der Waals surface area contributed by atoms with E-state index >= 15 is 0 Å². The molecule has 0 saturated carbocycles. The van der Waals surface area contributed by atoms with Crippen molar-refractivity contribution in [3.8, 4) is 33.9 Å². The number of nitrogens with zero attached hydrogens (tertiary/aromatic N) is 4. The van der Waals surface area contributed by atoms with Gasteiger partial charge in [0.05, 0.1) is 44.1 Å². The van der Waals surface area contributed by atoms with Gasteiger partial charge in [0.1, 0.15) is 0 Å². The van der Waals surface area contributed by atoms with Gasteiger partial charge in [-0.25, -0.2) is 0 Å². The van der Waals surface area contributed by atoms with Crippen LogP contribution >= 0.6 is 0 Å². The zero-order valence-electron chi connectivity index (χ0n) is 34.7. The van der Waals surface area contributed by atoms with Gasteiger partial charge in [-0.3, -0.25) is 0 Å². The van der Waals surface area contributed by atoms with Crippen molar-refractivity contribution in [1.29, 1.82) is 0 Å². The van der Waals surface area contributed by atoms with Gasteiger partial charge in [-0.15, -0.1) is 0 Å². The topological polar surface area (TPSA) is 19.7 Å². The molecule has 4 heteroatoms. The molecule has 0 aliphatic carbocycles. The van der Waals surface area contributed by atoms with E-state index in [1.165, 1.54) is 98.4 Å². The van der Waals surface area contributed by atoms with Crippen molar-refractivity contribution in [2.45, 2.75) is 0 Å². The number of benzene rings is 10. The van der Waals surface area contributed by atoms with Gasteiger partial charge in [0, 0.05) is 65.8 Å². The minimum Gasteiger partial charge on any atom is -0.309 e. The second kappa shape index (κ2) is 13.4. The molecule has 0 radical (unpaired) electrons. The lowest BCUT2D eigenvalue weighted by molar-refractivity contribution is 1.16. The molecule has 4 heterocycles. The van der Waals surface area contributed by atoms with E-state index in [2.05, 4.69) is 249 Å². The van der Waals surface area contributed by atoms with E-state index in [0.717, 1.165) is 22.7 Å². The van der Waals surface area contributed by atoms with Crippen LogP contribution in [0.4, 0.5) is 0 Å². The molecule has 0 amide bonds. The molecule has 0 atom stereocenters. The molecule has 0 aliphatic rings. The first-order valence-corrected chi connectivity index (χ1v) is 22.0. The number of rotatable bonds is 5. The Kier molecular flexibility index (Phi) is 7.36. The summed E-state index contributed by atoms with van der Waals surface area (Å²) >= 11 is 0. The van der Waals surface area contributed by atoms with Gasteiger partial charge < -0.3 is 18.3 Å². The second-order valence-electron chi connectivity index (χ2n) is 16.9. The number of hydrogen-bond donors (Lipinski definition) is 0. The molecule has 14 aromatic rings. The quantitative estimate of drug-likeness (QED) is 0.165. The van der Waals surface area contributed by atoms with Crippen molar-refractivity contribution < 1.29 is 0 Å². The molecule has 0 aliphatic heterocycles. The van der Waals surface area contributed by atoms with Gasteiger partial charge in [-0.1, -0.05) is 133 Å². The molecule has 0 N–H and O–H groups in total. The fourth-order valence-corrected chi connectivity index (χ4v) is 10.8. The molecule has 0 bridgehead atoms. The van der Waals surface area contributed by atoms with Crippen LogP contribution in [0.2, 0.25) is 0 Å². The minimum absolute atomic E-state index is 1.14. The molecular weight excluding hydrogens is 777 g/mol. The maximum absolute atomic E-state index is 2.40. The molecule has 0 unspecified atom stereocenters. The first kappa shape index (κ1) is 35.0. The van der Waals surface area contributed by atoms with E-state index in [-0.39, 0.29) is 0 Å². The Bertz CT molecular complexity index is 3790. The first-order valence-electron chi connectivity index (χ1n) is 22.0. The fourth-order valence-electron chi connectivity index (χ4n) is 10.8. The van der Waals surface area contributed by atoms with Crippen LogP contribution in [0.3, 0.4) is 0 Å². The third-order valence-corrected chi connectivity index (χ3v) is 13.6. The van der Waals surface area contributed by atoms with Crippen LogP contribution in [0.1, 0.15) is 0 Å². The van der Waals surface area contributed by atoms with Crippen LogP contribution in [-0.2, 0) is 0 Å². The molecule has 14 rings (SSSR count). The molecular formula is C60H38N4. The lowest BCUT2D eigenvalue weighted by Gasteiger charge is -2.12. The molecule has 64 heavy (non-hydrogen) atoms. The Morgan fingerprint density at radius 2 is 0.391 bits per heavy atom. The number of fused-ring (bicyclic) bond motifs is 12. The largest absolute Gasteiger partial charge is 0.309 e. The van der Waals surface area contributed by atoms with E-state index in [4.69, 9.17) is 0 Å². The molecule has 4 aromatic heterocycles. The molecule has 298 valence electrons. The van der Waals surface area contributed by atoms with Crippen molar-refractivity contribution in [3.63, 3.8) is 0 Å². The van der Waals surface area contributed by atoms with Crippen LogP contribution < -0.4 is 0 Å². The fraction of sp³-hybridized carbons (Fsp3) is 0. The van der Waals surface area contributed by atoms with E-state index in [9.17, 15) is 0 Å². The molecule has 10 aromatic carbocycles. The van der Waals surface area contributed by atoms with Gasteiger partial charge in [-0.05, 0) is 108 Å². The summed E-state index contributed by atoms with van der Waals surface area (Å²) in [6.45, 7) is 0. The second-order valence-corrected chi connectivity index (χ2v) is 16.9. The van der Waals surface area contributed by atoms with Crippen molar-refractivity contribution in [2.24, 2.45) is 0 Å². The standard InChI is InChI=1S/C60H38N4/c1-7-19-53-45(13-1)46-14-2-8-20-54(46)63(53)43-33-35-59-51(37-43)49-17-5-11-23-57(49)61(59)41-29-25-39(26-30-41)40-27-31-42(32-28-40)62-58-24-12-6-18-50(58)52-38-44(34-36-60(52)62)64-55-21-9-3-15-47(55)48-16-4-10-22-56(48)64/h1-38H. The Morgan fingerprint density at radius 1 is 0.172 bits per heavy atom. The highest BCUT2D eigenvalue weighted by Crippen LogP contribution is 2.39. The average molecular weight is 815 g/mol. The highest BCUT2D eigenvalue weighted by molar-refractivity contribution is 6.14. The first-order chi connectivity index (χ1) is 31.8. The summed E-state index contributed by atoms with van der Waals surface area (Å²) in [7, 11) is 0. The van der Waals surface area contributed by atoms with Crippen molar-refractivity contribution in [1.82, 2.24) is 18.3 Å². The van der Waals surface area contributed by atoms with Crippen molar-refractivity contribution in [3.05, 3.63) is 231 Å². The zero-order chi connectivity index (χ0) is 41.9. The highest BCUT2D eigenvalue weighted by Gasteiger charge is 2.19. The van der Waals surface area contributed by atoms with Gasteiger partial charge in [0.15, 0.2) is 0 Å². The maximum Gasteiger partial charge on any atom is 0.0542 e. The SMILES string of the molecule is c1ccc2c(c1)c1ccccc1n2-c1ccc2c(c1)c1ccccc1n2-c1ccc(-c2ccc(-n3c4ccccc4c4cc(-n5c6ccccc6c6ccccc65)ccc43)cc2)cc1. The lowest BCUT2D eigenvalue weighted by atomic mass is 10.0. The zero-order valence-corrected chi connectivity index (χ0v) is 34.7. The summed E-state index contributed by atoms with van der Waals surface area (Å²) in [6, 6.07) is 84.4. The lowest BCUT2D eigenvalue weighted by Crippen LogP contribution is -1.96. The van der Waals surface area contributed by atoms with Gasteiger partial charge >= 0.3 is 0 Å². The van der Waals surface area contributed by atoms with Gasteiger partial charge in [0.2, 0.25) is 0 Å². The van der Waals surface area contributed by atoms with E-state index in [1.807, 2.05) is 0 Å². The highest BCUT2D eigenvalue weighted by atomic mass is 15.0. The summed E-state index contributed by atoms with van der Waals surface area (Å²) < 4.78 is 9.62. The van der Waals surface area contributed by atoms with Crippen LogP contribution in [-0.4, -0.2) is 18.3 Å². The maximum atomic E-state index is 2.40. The summed E-state index contributed by atoms with van der Waals surface area (Å²) in [5, 5.41) is 10.0. The predicted molar refractivity (Wildman–Crippen MR) is 269 cm³/mol. The summed E-state index contributed by atoms with van der Waals surface area (Å²) in [6.07, 6.45) is 0. The van der Waals surface area contributed by atoms with Gasteiger partial charge in [0.25, 0.3) is 0 Å². The monoisotopic (exact) mass is 814 g/mol. The summed E-state index contributed by atoms with van der Waals surface area (Å²) in [5.41, 5.74) is 16.6. The Balaban J connectivity index is 0.830. The van der Waals surface area contributed by atoms with Crippen LogP contribution in [0, 0.1) is 0 Å². The normalized spacial score (nSPS) is 12.1. The molecule has 0 fully saturated rings. The third-order valence-electron chi connectivity index (χ3n) is 13.6. The molecule has 4 nitrogen and oxygen atoms in total. The Morgan fingerprint density at radius 3 is 0.688 bits per heavy atom. The van der Waals surface area contributed by atoms with Crippen LogP contribution in [0.25, 0.3) is 121 Å². The number of hydrogen-bond acceptors (Lipinski definition) is 0. The third kappa shape index (κ3) is 4.99. The number of para-hydroxylation sites is 6. The van der Waals surface area contributed by atoms with Crippen molar-refractivity contribution >= 4 is 87.2 Å². The Hall–Kier alpha value is -8.60. The van der Waals surface area contributed by atoms with E-state index < -0.39 is 0 Å². The molecule has 0 spiro atoms. The van der Waals surface area contributed by atoms with E-state index in [1.54, 1.807) is 0 Å². The van der Waals surface area contributed by atoms with Gasteiger partial charge in [-0.2, -0.15) is 0 Å². The van der Waals surface area contributed by atoms with Crippen molar-refractivity contribution in [2.75, 3.05) is 0 Å². The molecule has 0 saturated heterocycles. The van der Waals surface area contributed by atoms with Crippen LogP contribution in [0.5, 0.6) is 0 Å².